The summed E-state index contributed by atoms with van der Waals surface area (Å²) in [6, 6.07) is 23.3. The van der Waals surface area contributed by atoms with Crippen molar-refractivity contribution in [1.82, 2.24) is 25.2 Å². The summed E-state index contributed by atoms with van der Waals surface area (Å²) >= 11 is 0. The number of hydrogen-bond acceptors (Lipinski definition) is 5. The van der Waals surface area contributed by atoms with Crippen molar-refractivity contribution < 1.29 is 14.3 Å². The highest BCUT2D eigenvalue weighted by atomic mass is 16.5. The molecule has 2 atom stereocenters. The van der Waals surface area contributed by atoms with E-state index in [1.165, 1.54) is 0 Å². The van der Waals surface area contributed by atoms with E-state index in [2.05, 4.69) is 15.6 Å². The summed E-state index contributed by atoms with van der Waals surface area (Å²) in [5.74, 6) is 0.190. The van der Waals surface area contributed by atoms with Crippen molar-refractivity contribution in [1.29, 1.82) is 0 Å². The number of hydrogen-bond donors (Lipinski definition) is 1. The van der Waals surface area contributed by atoms with Crippen LogP contribution < -0.4 is 10.1 Å². The van der Waals surface area contributed by atoms with Crippen LogP contribution in [0, 0.1) is 0 Å². The Hall–Kier alpha value is -4.20. The highest BCUT2D eigenvalue weighted by molar-refractivity contribution is 5.90. The van der Waals surface area contributed by atoms with Crippen molar-refractivity contribution in [3.05, 3.63) is 90.0 Å². The lowest BCUT2D eigenvalue weighted by molar-refractivity contribution is -0.144. The molecule has 0 aliphatic rings. The molecule has 1 aromatic heterocycles. The number of ether oxygens (including phenoxy) is 1. The van der Waals surface area contributed by atoms with Crippen molar-refractivity contribution in [3.63, 3.8) is 0 Å². The number of para-hydroxylation sites is 1. The number of fused-ring (bicyclic) bond motifs is 1. The second-order valence-electron chi connectivity index (χ2n) is 10.3. The Balaban J connectivity index is 1.80. The third-order valence-corrected chi connectivity index (χ3v) is 6.22. The lowest BCUT2D eigenvalue weighted by Crippen LogP contribution is -2.50. The number of amides is 2. The van der Waals surface area contributed by atoms with E-state index in [1.807, 2.05) is 113 Å². The molecule has 8 nitrogen and oxygen atoms in total. The monoisotopic (exact) mass is 513 g/mol. The van der Waals surface area contributed by atoms with Crippen LogP contribution in [-0.2, 0) is 16.1 Å². The number of carbonyl (C=O) groups excluding carboxylic acids is 2. The Labute approximate surface area is 223 Å². The molecule has 0 saturated carbocycles. The Morgan fingerprint density at radius 3 is 2.26 bits per heavy atom. The van der Waals surface area contributed by atoms with Crippen LogP contribution in [0.1, 0.15) is 57.8 Å². The fraction of sp³-hybridized carbons (Fsp3) is 0.333. The van der Waals surface area contributed by atoms with E-state index in [4.69, 9.17) is 4.74 Å². The zero-order chi connectivity index (χ0) is 27.3. The van der Waals surface area contributed by atoms with E-state index in [1.54, 1.807) is 9.58 Å². The van der Waals surface area contributed by atoms with Gasteiger partial charge in [-0.15, -0.1) is 5.10 Å². The first-order valence-corrected chi connectivity index (χ1v) is 12.9. The van der Waals surface area contributed by atoms with Gasteiger partial charge in [0.1, 0.15) is 23.9 Å². The minimum atomic E-state index is -0.887. The molecule has 0 spiro atoms. The molecule has 4 rings (SSSR count). The predicted octanol–water partition coefficient (Wildman–Crippen LogP) is 5.08. The van der Waals surface area contributed by atoms with Gasteiger partial charge < -0.3 is 15.0 Å². The maximum atomic E-state index is 14.2. The first-order valence-electron chi connectivity index (χ1n) is 12.9. The van der Waals surface area contributed by atoms with Gasteiger partial charge in [0.05, 0.1) is 18.2 Å². The van der Waals surface area contributed by atoms with Crippen LogP contribution in [0.15, 0.2) is 78.9 Å². The molecule has 0 radical (unpaired) electrons. The van der Waals surface area contributed by atoms with Crippen LogP contribution in [-0.4, -0.2) is 43.9 Å². The Kier molecular flexibility index (Phi) is 8.10. The largest absolute Gasteiger partial charge is 0.494 e. The topological polar surface area (TPSA) is 89.4 Å². The number of nitrogens with zero attached hydrogens (tertiary/aromatic N) is 4. The van der Waals surface area contributed by atoms with E-state index < -0.39 is 17.6 Å². The summed E-state index contributed by atoms with van der Waals surface area (Å²) in [5.41, 5.74) is 2.58. The summed E-state index contributed by atoms with van der Waals surface area (Å²) in [4.78, 5) is 29.7. The summed E-state index contributed by atoms with van der Waals surface area (Å²) in [6.45, 7) is 10.1. The van der Waals surface area contributed by atoms with E-state index in [0.29, 0.717) is 23.4 Å². The summed E-state index contributed by atoms with van der Waals surface area (Å²) in [5, 5.41) is 11.5. The van der Waals surface area contributed by atoms with Crippen LogP contribution in [0.4, 0.5) is 0 Å². The molecule has 8 heteroatoms. The minimum absolute atomic E-state index is 0.0615. The highest BCUT2D eigenvalue weighted by Crippen LogP contribution is 2.33. The molecular formula is C30H35N5O3. The van der Waals surface area contributed by atoms with Crippen LogP contribution in [0.25, 0.3) is 11.0 Å². The van der Waals surface area contributed by atoms with E-state index >= 15 is 0 Å². The van der Waals surface area contributed by atoms with Gasteiger partial charge in [-0.05, 0) is 70.0 Å². The summed E-state index contributed by atoms with van der Waals surface area (Å²) < 4.78 is 7.20. The Morgan fingerprint density at radius 2 is 1.61 bits per heavy atom. The normalized spacial score (nSPS) is 13.1. The van der Waals surface area contributed by atoms with Gasteiger partial charge in [0, 0.05) is 5.54 Å². The lowest BCUT2D eigenvalue weighted by atomic mass is 9.97. The highest BCUT2D eigenvalue weighted by Gasteiger charge is 2.37. The zero-order valence-corrected chi connectivity index (χ0v) is 22.6. The molecule has 198 valence electrons. The van der Waals surface area contributed by atoms with Gasteiger partial charge in [-0.1, -0.05) is 59.8 Å². The van der Waals surface area contributed by atoms with Crippen LogP contribution >= 0.6 is 0 Å². The fourth-order valence-electron chi connectivity index (χ4n) is 4.51. The second kappa shape index (κ2) is 11.5. The van der Waals surface area contributed by atoms with E-state index in [-0.39, 0.29) is 18.4 Å². The second-order valence-corrected chi connectivity index (χ2v) is 10.3. The molecule has 2 amide bonds. The van der Waals surface area contributed by atoms with Gasteiger partial charge in [0.25, 0.3) is 0 Å². The average molecular weight is 514 g/mol. The van der Waals surface area contributed by atoms with Gasteiger partial charge >= 0.3 is 0 Å². The molecular weight excluding hydrogens is 478 g/mol. The first-order chi connectivity index (χ1) is 18.2. The van der Waals surface area contributed by atoms with Crippen molar-refractivity contribution in [3.8, 4) is 5.75 Å². The smallest absolute Gasteiger partial charge is 0.247 e. The quantitative estimate of drug-likeness (QED) is 0.337. The predicted molar refractivity (Wildman–Crippen MR) is 147 cm³/mol. The summed E-state index contributed by atoms with van der Waals surface area (Å²) in [6.07, 6.45) is 0. The van der Waals surface area contributed by atoms with E-state index in [0.717, 1.165) is 11.1 Å². The van der Waals surface area contributed by atoms with Gasteiger partial charge in [0.2, 0.25) is 11.8 Å². The van der Waals surface area contributed by atoms with Crippen molar-refractivity contribution in [2.45, 2.75) is 58.8 Å². The molecule has 0 aliphatic heterocycles. The van der Waals surface area contributed by atoms with E-state index in [9.17, 15) is 9.59 Å². The number of nitrogens with one attached hydrogen (secondary N) is 1. The third-order valence-electron chi connectivity index (χ3n) is 6.22. The number of carbonyl (C=O) groups is 2. The fourth-order valence-corrected chi connectivity index (χ4v) is 4.51. The number of rotatable bonds is 9. The molecule has 3 aromatic carbocycles. The van der Waals surface area contributed by atoms with Gasteiger partial charge in [-0.25, -0.2) is 4.68 Å². The Bertz CT molecular complexity index is 1380. The zero-order valence-electron chi connectivity index (χ0n) is 22.6. The Morgan fingerprint density at radius 1 is 0.947 bits per heavy atom. The molecule has 0 saturated heterocycles. The molecule has 0 bridgehead atoms. The van der Waals surface area contributed by atoms with Gasteiger partial charge in [-0.2, -0.15) is 0 Å². The molecule has 4 aromatic rings. The minimum Gasteiger partial charge on any atom is -0.494 e. The van der Waals surface area contributed by atoms with Crippen molar-refractivity contribution in [2.75, 3.05) is 6.61 Å². The number of aromatic nitrogens is 3. The molecule has 1 N–H and O–H groups in total. The molecule has 2 unspecified atom stereocenters. The first kappa shape index (κ1) is 26.9. The molecule has 0 aliphatic carbocycles. The van der Waals surface area contributed by atoms with Crippen molar-refractivity contribution >= 4 is 22.8 Å². The SMILES string of the molecule is CCOc1ccc(C(C(=O)NC(C)(C)C)N(C(=O)Cn2nnc3ccccc32)C(C)c2ccccc2)cc1. The van der Waals surface area contributed by atoms with Crippen LogP contribution in [0.5, 0.6) is 5.75 Å². The summed E-state index contributed by atoms with van der Waals surface area (Å²) in [7, 11) is 0. The maximum absolute atomic E-state index is 14.2. The van der Waals surface area contributed by atoms with Crippen LogP contribution in [0.3, 0.4) is 0 Å². The molecule has 1 heterocycles. The van der Waals surface area contributed by atoms with Gasteiger partial charge in [0.15, 0.2) is 0 Å². The van der Waals surface area contributed by atoms with Crippen LogP contribution in [0.2, 0.25) is 0 Å². The lowest BCUT2D eigenvalue weighted by Gasteiger charge is -2.38. The maximum Gasteiger partial charge on any atom is 0.247 e. The average Bonchev–Trinajstić information content (AvgIpc) is 3.29. The third kappa shape index (κ3) is 6.19. The molecule has 38 heavy (non-hydrogen) atoms. The molecule has 0 fully saturated rings. The van der Waals surface area contributed by atoms with Gasteiger partial charge in [-0.3, -0.25) is 9.59 Å². The number of benzene rings is 3. The standard InChI is InChI=1S/C30H35N5O3/c1-6-38-24-18-16-23(17-19-24)28(29(37)31-30(3,4)5)35(21(2)22-12-8-7-9-13-22)27(36)20-34-26-15-11-10-14-25(26)32-33-34/h7-19,21,28H,6,20H2,1-5H3,(H,31,37). The van der Waals surface area contributed by atoms with Crippen molar-refractivity contribution in [2.24, 2.45) is 0 Å².